The van der Waals surface area contributed by atoms with Crippen molar-refractivity contribution in [2.75, 3.05) is 0 Å². The van der Waals surface area contributed by atoms with Gasteiger partial charge in [-0.2, -0.15) is 0 Å². The summed E-state index contributed by atoms with van der Waals surface area (Å²) >= 11 is 5.83. The van der Waals surface area contributed by atoms with Crippen LogP contribution < -0.4 is 5.32 Å². The van der Waals surface area contributed by atoms with Gasteiger partial charge in [0.1, 0.15) is 6.04 Å². The fourth-order valence-electron chi connectivity index (χ4n) is 1.66. The summed E-state index contributed by atoms with van der Waals surface area (Å²) in [6.07, 6.45) is 0.530. The SMILES string of the molecule is O=C(O)[C@H]1Cc2ccc(Cl)cc2CN1. The van der Waals surface area contributed by atoms with Crippen molar-refractivity contribution in [3.05, 3.63) is 34.3 Å². The second-order valence-corrected chi connectivity index (χ2v) is 3.83. The Morgan fingerprint density at radius 3 is 3.00 bits per heavy atom. The molecule has 1 aliphatic rings. The van der Waals surface area contributed by atoms with E-state index in [0.29, 0.717) is 18.0 Å². The number of fused-ring (bicyclic) bond motifs is 1. The first-order valence-electron chi connectivity index (χ1n) is 4.40. The Labute approximate surface area is 86.7 Å². The maximum absolute atomic E-state index is 10.7. The maximum Gasteiger partial charge on any atom is 0.321 e. The number of rotatable bonds is 1. The van der Waals surface area contributed by atoms with Crippen LogP contribution in [0.4, 0.5) is 0 Å². The number of carboxylic acid groups (broad SMARTS) is 1. The molecule has 1 atom stereocenters. The molecule has 0 radical (unpaired) electrons. The number of carboxylic acids is 1. The zero-order valence-corrected chi connectivity index (χ0v) is 8.21. The number of benzene rings is 1. The molecular formula is C10H10ClNO2. The van der Waals surface area contributed by atoms with Gasteiger partial charge in [0.05, 0.1) is 0 Å². The number of nitrogens with one attached hydrogen (secondary N) is 1. The number of carbonyl (C=O) groups is 1. The molecule has 1 aromatic carbocycles. The molecule has 0 spiro atoms. The van der Waals surface area contributed by atoms with Gasteiger partial charge in [0.15, 0.2) is 0 Å². The van der Waals surface area contributed by atoms with Crippen molar-refractivity contribution in [3.63, 3.8) is 0 Å². The molecule has 0 amide bonds. The molecular weight excluding hydrogens is 202 g/mol. The van der Waals surface area contributed by atoms with Gasteiger partial charge in [0, 0.05) is 11.6 Å². The van der Waals surface area contributed by atoms with Crippen LogP contribution in [0.3, 0.4) is 0 Å². The third kappa shape index (κ3) is 1.74. The van der Waals surface area contributed by atoms with Crippen molar-refractivity contribution < 1.29 is 9.90 Å². The molecule has 4 heteroatoms. The van der Waals surface area contributed by atoms with Crippen LogP contribution in [0.15, 0.2) is 18.2 Å². The molecule has 1 heterocycles. The highest BCUT2D eigenvalue weighted by Gasteiger charge is 2.23. The van der Waals surface area contributed by atoms with Crippen LogP contribution in [0.5, 0.6) is 0 Å². The average molecular weight is 212 g/mol. The van der Waals surface area contributed by atoms with E-state index in [2.05, 4.69) is 5.32 Å². The van der Waals surface area contributed by atoms with Gasteiger partial charge in [-0.25, -0.2) is 0 Å². The van der Waals surface area contributed by atoms with Crippen LogP contribution in [0, 0.1) is 0 Å². The zero-order chi connectivity index (χ0) is 10.1. The van der Waals surface area contributed by atoms with E-state index in [-0.39, 0.29) is 0 Å². The van der Waals surface area contributed by atoms with Crippen molar-refractivity contribution in [2.24, 2.45) is 0 Å². The molecule has 0 bridgehead atoms. The van der Waals surface area contributed by atoms with Crippen LogP contribution in [0.2, 0.25) is 5.02 Å². The van der Waals surface area contributed by atoms with E-state index in [9.17, 15) is 4.79 Å². The summed E-state index contributed by atoms with van der Waals surface area (Å²) in [7, 11) is 0. The van der Waals surface area contributed by atoms with Crippen LogP contribution in [0.1, 0.15) is 11.1 Å². The van der Waals surface area contributed by atoms with Crippen molar-refractivity contribution in [1.82, 2.24) is 5.32 Å². The molecule has 1 aliphatic heterocycles. The van der Waals surface area contributed by atoms with Crippen molar-refractivity contribution >= 4 is 17.6 Å². The fraction of sp³-hybridized carbons (Fsp3) is 0.300. The molecule has 74 valence electrons. The first-order chi connectivity index (χ1) is 6.66. The van der Waals surface area contributed by atoms with Gasteiger partial charge in [-0.15, -0.1) is 0 Å². The monoisotopic (exact) mass is 211 g/mol. The smallest absolute Gasteiger partial charge is 0.321 e. The number of aliphatic carboxylic acids is 1. The maximum atomic E-state index is 10.7. The lowest BCUT2D eigenvalue weighted by atomic mass is 9.96. The van der Waals surface area contributed by atoms with Crippen molar-refractivity contribution in [3.8, 4) is 0 Å². The molecule has 2 N–H and O–H groups in total. The standard InChI is InChI=1S/C10H10ClNO2/c11-8-2-1-6-4-9(10(13)14)12-5-7(6)3-8/h1-3,9,12H,4-5H2,(H,13,14)/t9-/m1/s1. The van der Waals surface area contributed by atoms with E-state index in [1.807, 2.05) is 12.1 Å². The lowest BCUT2D eigenvalue weighted by Gasteiger charge is -2.23. The first-order valence-corrected chi connectivity index (χ1v) is 4.78. The predicted molar refractivity (Wildman–Crippen MR) is 53.4 cm³/mol. The van der Waals surface area contributed by atoms with Crippen LogP contribution in [0.25, 0.3) is 0 Å². The van der Waals surface area contributed by atoms with E-state index < -0.39 is 12.0 Å². The molecule has 0 aromatic heterocycles. The minimum absolute atomic E-state index is 0.469. The topological polar surface area (TPSA) is 49.3 Å². The molecule has 1 aromatic rings. The minimum Gasteiger partial charge on any atom is -0.480 e. The van der Waals surface area contributed by atoms with Gasteiger partial charge < -0.3 is 10.4 Å². The molecule has 3 nitrogen and oxygen atoms in total. The zero-order valence-electron chi connectivity index (χ0n) is 7.46. The van der Waals surface area contributed by atoms with Crippen molar-refractivity contribution in [1.29, 1.82) is 0 Å². The Kier molecular flexibility index (Phi) is 2.44. The number of halogens is 1. The molecule has 0 saturated carbocycles. The van der Waals surface area contributed by atoms with E-state index in [1.165, 1.54) is 0 Å². The van der Waals surface area contributed by atoms with E-state index in [4.69, 9.17) is 16.7 Å². The van der Waals surface area contributed by atoms with Gasteiger partial charge >= 0.3 is 5.97 Å². The first kappa shape index (κ1) is 9.49. The van der Waals surface area contributed by atoms with Crippen LogP contribution in [-0.4, -0.2) is 17.1 Å². The Hall–Kier alpha value is -1.06. The highest BCUT2D eigenvalue weighted by molar-refractivity contribution is 6.30. The minimum atomic E-state index is -0.800. The van der Waals surface area contributed by atoms with E-state index >= 15 is 0 Å². The normalized spacial score (nSPS) is 20.2. The molecule has 0 saturated heterocycles. The molecule has 0 unspecified atom stereocenters. The second kappa shape index (κ2) is 3.59. The highest BCUT2D eigenvalue weighted by Crippen LogP contribution is 2.20. The summed E-state index contributed by atoms with van der Waals surface area (Å²) in [6.45, 7) is 0.576. The number of hydrogen-bond acceptors (Lipinski definition) is 2. The lowest BCUT2D eigenvalue weighted by Crippen LogP contribution is -2.41. The van der Waals surface area contributed by atoms with E-state index in [1.54, 1.807) is 6.07 Å². The van der Waals surface area contributed by atoms with Gasteiger partial charge in [0.25, 0.3) is 0 Å². The Balaban J connectivity index is 2.27. The second-order valence-electron chi connectivity index (χ2n) is 3.39. The van der Waals surface area contributed by atoms with Crippen LogP contribution >= 0.6 is 11.6 Å². The Morgan fingerprint density at radius 2 is 2.29 bits per heavy atom. The summed E-state index contributed by atoms with van der Waals surface area (Å²) in [4.78, 5) is 10.7. The summed E-state index contributed by atoms with van der Waals surface area (Å²) in [5.41, 5.74) is 2.16. The molecule has 0 aliphatic carbocycles. The molecule has 2 rings (SSSR count). The fourth-order valence-corrected chi connectivity index (χ4v) is 1.85. The van der Waals surface area contributed by atoms with Gasteiger partial charge in [-0.3, -0.25) is 4.79 Å². The highest BCUT2D eigenvalue weighted by atomic mass is 35.5. The van der Waals surface area contributed by atoms with Crippen LogP contribution in [-0.2, 0) is 17.8 Å². The quantitative estimate of drug-likeness (QED) is 0.739. The lowest BCUT2D eigenvalue weighted by molar-refractivity contribution is -0.139. The third-order valence-corrected chi connectivity index (χ3v) is 2.66. The summed E-state index contributed by atoms with van der Waals surface area (Å²) in [5.74, 6) is -0.800. The largest absolute Gasteiger partial charge is 0.480 e. The summed E-state index contributed by atoms with van der Waals surface area (Å²) < 4.78 is 0. The Morgan fingerprint density at radius 1 is 1.50 bits per heavy atom. The third-order valence-electron chi connectivity index (χ3n) is 2.43. The van der Waals surface area contributed by atoms with Gasteiger partial charge in [-0.05, 0) is 29.7 Å². The van der Waals surface area contributed by atoms with E-state index in [0.717, 1.165) is 11.1 Å². The average Bonchev–Trinajstić information content (AvgIpc) is 2.16. The summed E-state index contributed by atoms with van der Waals surface area (Å²) in [5, 5.41) is 12.5. The Bertz CT molecular complexity index is 378. The molecule has 0 fully saturated rings. The number of hydrogen-bond donors (Lipinski definition) is 2. The summed E-state index contributed by atoms with van der Waals surface area (Å²) in [6, 6.07) is 5.10. The van der Waals surface area contributed by atoms with Gasteiger partial charge in [0.2, 0.25) is 0 Å². The van der Waals surface area contributed by atoms with Crippen molar-refractivity contribution in [2.45, 2.75) is 19.0 Å². The van der Waals surface area contributed by atoms with Gasteiger partial charge in [-0.1, -0.05) is 17.7 Å². The predicted octanol–water partition coefficient (Wildman–Crippen LogP) is 1.44. The molecule has 14 heavy (non-hydrogen) atoms.